The molecule has 1 aliphatic heterocycles. The van der Waals surface area contributed by atoms with Gasteiger partial charge in [-0.15, -0.1) is 11.8 Å². The topological polar surface area (TPSA) is 81.1 Å². The highest BCUT2D eigenvalue weighted by molar-refractivity contribution is 8.00. The fraction of sp³-hybridized carbons (Fsp3) is 0.556. The quantitative estimate of drug-likeness (QED) is 0.832. The van der Waals surface area contributed by atoms with Gasteiger partial charge in [-0.1, -0.05) is 20.8 Å². The molecule has 1 fully saturated rings. The van der Waals surface area contributed by atoms with E-state index < -0.39 is 0 Å². The molecule has 0 atom stereocenters. The summed E-state index contributed by atoms with van der Waals surface area (Å²) in [5.41, 5.74) is 13.1. The van der Waals surface area contributed by atoms with Crippen molar-refractivity contribution >= 4 is 28.5 Å². The fourth-order valence-electron chi connectivity index (χ4n) is 2.98. The van der Waals surface area contributed by atoms with Gasteiger partial charge in [0.1, 0.15) is 11.6 Å². The monoisotopic (exact) mass is 345 g/mol. The van der Waals surface area contributed by atoms with E-state index in [0.717, 1.165) is 49.2 Å². The maximum absolute atomic E-state index is 6.17. The van der Waals surface area contributed by atoms with Crippen LogP contribution in [-0.2, 0) is 6.54 Å². The molecule has 6 heteroatoms. The molecule has 130 valence electrons. The van der Waals surface area contributed by atoms with E-state index in [-0.39, 0.29) is 4.75 Å². The van der Waals surface area contributed by atoms with Gasteiger partial charge in [-0.25, -0.2) is 9.97 Å². The lowest BCUT2D eigenvalue weighted by molar-refractivity contribution is 0.201. The van der Waals surface area contributed by atoms with Crippen molar-refractivity contribution < 1.29 is 0 Å². The molecule has 0 amide bonds. The van der Waals surface area contributed by atoms with Gasteiger partial charge in [0, 0.05) is 34.2 Å². The standard InChI is InChI=1S/C18H27N5S/c1-18(2,3)24-13-4-5-14-15(10-13)21-16(22-17(14)20)11-23-8-6-12(19)7-9-23/h4-5,10,12H,6-9,11,19H2,1-3H3,(H2,20,21,22). The molecule has 1 aromatic heterocycles. The van der Waals surface area contributed by atoms with E-state index >= 15 is 0 Å². The number of benzene rings is 1. The average molecular weight is 346 g/mol. The zero-order valence-corrected chi connectivity index (χ0v) is 15.6. The van der Waals surface area contributed by atoms with Crippen LogP contribution in [0.1, 0.15) is 39.4 Å². The summed E-state index contributed by atoms with van der Waals surface area (Å²) in [6.07, 6.45) is 2.07. The molecule has 0 unspecified atom stereocenters. The van der Waals surface area contributed by atoms with Crippen LogP contribution in [0.25, 0.3) is 10.9 Å². The van der Waals surface area contributed by atoms with Gasteiger partial charge in [0.15, 0.2) is 0 Å². The molecule has 0 bridgehead atoms. The lowest BCUT2D eigenvalue weighted by Gasteiger charge is -2.29. The van der Waals surface area contributed by atoms with E-state index in [4.69, 9.17) is 16.5 Å². The minimum atomic E-state index is 0.168. The molecule has 3 rings (SSSR count). The minimum absolute atomic E-state index is 0.168. The highest BCUT2D eigenvalue weighted by Crippen LogP contribution is 2.33. The lowest BCUT2D eigenvalue weighted by atomic mass is 10.1. The predicted molar refractivity (Wildman–Crippen MR) is 102 cm³/mol. The first kappa shape index (κ1) is 17.5. The first-order valence-corrected chi connectivity index (χ1v) is 9.35. The van der Waals surface area contributed by atoms with Gasteiger partial charge >= 0.3 is 0 Å². The second-order valence-corrected chi connectivity index (χ2v) is 9.43. The average Bonchev–Trinajstić information content (AvgIpc) is 2.47. The number of nitrogens with two attached hydrogens (primary N) is 2. The summed E-state index contributed by atoms with van der Waals surface area (Å²) in [4.78, 5) is 12.8. The smallest absolute Gasteiger partial charge is 0.145 e. The van der Waals surface area contributed by atoms with Crippen molar-refractivity contribution in [2.75, 3.05) is 18.8 Å². The van der Waals surface area contributed by atoms with Gasteiger partial charge in [0.05, 0.1) is 12.1 Å². The van der Waals surface area contributed by atoms with Crippen LogP contribution in [0.4, 0.5) is 5.82 Å². The zero-order valence-electron chi connectivity index (χ0n) is 14.7. The summed E-state index contributed by atoms with van der Waals surface area (Å²) in [5.74, 6) is 1.37. The number of rotatable bonds is 3. The predicted octanol–water partition coefficient (Wildman–Crippen LogP) is 3.03. The Kier molecular flexibility index (Phi) is 4.99. The van der Waals surface area contributed by atoms with E-state index in [0.29, 0.717) is 11.9 Å². The van der Waals surface area contributed by atoms with Crippen molar-refractivity contribution in [3.8, 4) is 0 Å². The largest absolute Gasteiger partial charge is 0.383 e. The Morgan fingerprint density at radius 3 is 2.58 bits per heavy atom. The van der Waals surface area contributed by atoms with Gasteiger partial charge in [-0.05, 0) is 31.0 Å². The molecule has 0 spiro atoms. The van der Waals surface area contributed by atoms with Gasteiger partial charge in [0.25, 0.3) is 0 Å². The number of hydrogen-bond donors (Lipinski definition) is 2. The highest BCUT2D eigenvalue weighted by atomic mass is 32.2. The third-order valence-corrected chi connectivity index (χ3v) is 5.27. The first-order valence-electron chi connectivity index (χ1n) is 8.53. The van der Waals surface area contributed by atoms with Crippen molar-refractivity contribution in [3.63, 3.8) is 0 Å². The molecule has 4 N–H and O–H groups in total. The van der Waals surface area contributed by atoms with E-state index in [1.807, 2.05) is 17.8 Å². The lowest BCUT2D eigenvalue weighted by Crippen LogP contribution is -2.39. The molecule has 0 radical (unpaired) electrons. The molecule has 1 aromatic carbocycles. The third-order valence-electron chi connectivity index (χ3n) is 4.17. The Morgan fingerprint density at radius 1 is 1.21 bits per heavy atom. The highest BCUT2D eigenvalue weighted by Gasteiger charge is 2.18. The molecule has 0 saturated carbocycles. The first-order chi connectivity index (χ1) is 11.3. The Balaban J connectivity index is 1.84. The van der Waals surface area contributed by atoms with Crippen LogP contribution in [0.2, 0.25) is 0 Å². The van der Waals surface area contributed by atoms with Crippen LogP contribution in [-0.4, -0.2) is 38.7 Å². The van der Waals surface area contributed by atoms with Crippen molar-refractivity contribution in [2.24, 2.45) is 5.73 Å². The van der Waals surface area contributed by atoms with E-state index in [9.17, 15) is 0 Å². The Labute approximate surface area is 148 Å². The van der Waals surface area contributed by atoms with Crippen LogP contribution in [0.5, 0.6) is 0 Å². The number of thioether (sulfide) groups is 1. The Hall–Kier alpha value is -1.37. The van der Waals surface area contributed by atoms with Crippen LogP contribution in [0.15, 0.2) is 23.1 Å². The summed E-state index contributed by atoms with van der Waals surface area (Å²) < 4.78 is 0.168. The summed E-state index contributed by atoms with van der Waals surface area (Å²) in [5, 5.41) is 0.928. The fourth-order valence-corrected chi connectivity index (χ4v) is 4.00. The van der Waals surface area contributed by atoms with Crippen LogP contribution < -0.4 is 11.5 Å². The zero-order chi connectivity index (χ0) is 17.3. The van der Waals surface area contributed by atoms with Gasteiger partial charge in [0.2, 0.25) is 0 Å². The molecule has 24 heavy (non-hydrogen) atoms. The van der Waals surface area contributed by atoms with E-state index in [1.54, 1.807) is 0 Å². The van der Waals surface area contributed by atoms with E-state index in [2.05, 4.69) is 42.8 Å². The second-order valence-electron chi connectivity index (χ2n) is 7.53. The number of aromatic nitrogens is 2. The normalized spacial score (nSPS) is 17.5. The van der Waals surface area contributed by atoms with Crippen LogP contribution in [0, 0.1) is 0 Å². The van der Waals surface area contributed by atoms with Gasteiger partial charge in [-0.2, -0.15) is 0 Å². The number of hydrogen-bond acceptors (Lipinski definition) is 6. The number of fused-ring (bicyclic) bond motifs is 1. The van der Waals surface area contributed by atoms with Crippen molar-refractivity contribution in [1.29, 1.82) is 0 Å². The Morgan fingerprint density at radius 2 is 1.92 bits per heavy atom. The van der Waals surface area contributed by atoms with Crippen LogP contribution in [0.3, 0.4) is 0 Å². The summed E-state index contributed by atoms with van der Waals surface area (Å²) >= 11 is 1.84. The number of likely N-dealkylation sites (tertiary alicyclic amines) is 1. The maximum atomic E-state index is 6.17. The number of piperidine rings is 1. The molecule has 2 aromatic rings. The van der Waals surface area contributed by atoms with Gasteiger partial charge in [-0.3, -0.25) is 4.90 Å². The van der Waals surface area contributed by atoms with Crippen molar-refractivity contribution in [1.82, 2.24) is 14.9 Å². The number of nitrogen functional groups attached to an aromatic ring is 1. The second kappa shape index (κ2) is 6.86. The summed E-state index contributed by atoms with van der Waals surface area (Å²) in [6, 6.07) is 6.59. The third kappa shape index (κ3) is 4.37. The summed E-state index contributed by atoms with van der Waals surface area (Å²) in [6.45, 7) is 9.38. The van der Waals surface area contributed by atoms with E-state index in [1.165, 1.54) is 4.90 Å². The molecular weight excluding hydrogens is 318 g/mol. The molecule has 1 aliphatic rings. The maximum Gasteiger partial charge on any atom is 0.145 e. The van der Waals surface area contributed by atoms with Gasteiger partial charge < -0.3 is 11.5 Å². The van der Waals surface area contributed by atoms with Crippen molar-refractivity contribution in [3.05, 3.63) is 24.0 Å². The molecule has 1 saturated heterocycles. The molecule has 5 nitrogen and oxygen atoms in total. The minimum Gasteiger partial charge on any atom is -0.383 e. The van der Waals surface area contributed by atoms with Crippen molar-refractivity contribution in [2.45, 2.75) is 55.8 Å². The molecule has 0 aliphatic carbocycles. The summed E-state index contributed by atoms with van der Waals surface area (Å²) in [7, 11) is 0. The molecule has 2 heterocycles. The number of anilines is 1. The SMILES string of the molecule is CC(C)(C)Sc1ccc2c(N)nc(CN3CCC(N)CC3)nc2c1. The number of nitrogens with zero attached hydrogens (tertiary/aromatic N) is 3. The molecular formula is C18H27N5S. The Bertz CT molecular complexity index is 717. The van der Waals surface area contributed by atoms with Crippen LogP contribution >= 0.6 is 11.8 Å².